The summed E-state index contributed by atoms with van der Waals surface area (Å²) in [4.78, 5) is 46.4. The van der Waals surface area contributed by atoms with Crippen molar-refractivity contribution in [1.29, 1.82) is 0 Å². The van der Waals surface area contributed by atoms with E-state index in [4.69, 9.17) is 9.15 Å². The highest BCUT2D eigenvalue weighted by Gasteiger charge is 2.22. The molecule has 0 saturated heterocycles. The molecule has 0 atom stereocenters. The molecule has 2 amide bonds. The van der Waals surface area contributed by atoms with Crippen LogP contribution >= 0.6 is 0 Å². The summed E-state index contributed by atoms with van der Waals surface area (Å²) in [5.41, 5.74) is 1.29. The number of nitrogens with one attached hydrogen (secondary N) is 2. The van der Waals surface area contributed by atoms with E-state index in [1.54, 1.807) is 13.0 Å². The van der Waals surface area contributed by atoms with E-state index in [9.17, 15) is 14.4 Å². The highest BCUT2D eigenvalue weighted by atomic mass is 16.5. The fourth-order valence-electron chi connectivity index (χ4n) is 4.19. The number of carbonyl (C=O) groups is 3. The Morgan fingerprint density at radius 2 is 1.60 bits per heavy atom. The second-order valence-corrected chi connectivity index (χ2v) is 9.47. The van der Waals surface area contributed by atoms with Crippen LogP contribution in [-0.4, -0.2) is 56.2 Å². The Balaban J connectivity index is 1.86. The molecule has 11 nitrogen and oxygen atoms in total. The van der Waals surface area contributed by atoms with Crippen molar-refractivity contribution in [2.45, 2.75) is 91.8 Å². The summed E-state index contributed by atoms with van der Waals surface area (Å²) in [6.07, 6.45) is 5.31. The molecule has 3 rings (SSSR count). The number of rotatable bonds is 15. The fraction of sp³-hybridized carbons (Fsp3) is 0.517. The molecule has 0 saturated carbocycles. The van der Waals surface area contributed by atoms with Gasteiger partial charge in [0.25, 0.3) is 11.8 Å². The molecule has 2 N–H and O–H groups in total. The Kier molecular flexibility index (Phi) is 11.4. The minimum Gasteiger partial charge on any atom is -0.466 e. The molecule has 0 spiro atoms. The summed E-state index contributed by atoms with van der Waals surface area (Å²) in [5, 5.41) is 10.6. The van der Waals surface area contributed by atoms with Gasteiger partial charge in [0.2, 0.25) is 17.5 Å². The smallest absolute Gasteiger partial charge is 0.305 e. The number of benzene rings is 1. The summed E-state index contributed by atoms with van der Waals surface area (Å²) >= 11 is 0. The molecule has 1 aromatic carbocycles. The largest absolute Gasteiger partial charge is 0.466 e. The topological polar surface area (TPSA) is 141 Å². The van der Waals surface area contributed by atoms with Gasteiger partial charge >= 0.3 is 5.97 Å². The Bertz CT molecular complexity index is 1280. The molecule has 3 aromatic rings. The Labute approximate surface area is 235 Å². The number of carbonyl (C=O) groups excluding carboxylic acids is 3. The summed E-state index contributed by atoms with van der Waals surface area (Å²) in [6, 6.07) is 7.34. The lowest BCUT2D eigenvalue weighted by atomic mass is 10.1. The SMILES string of the molecule is CCOC(=O)CCCn1nc(-c2cccc(-c3ncc(C(=O)NC(CC)CC)o3)c2)nc1C(=O)NC(CC)CC. The number of hydrogen-bond acceptors (Lipinski definition) is 8. The van der Waals surface area contributed by atoms with Gasteiger partial charge in [-0.1, -0.05) is 39.8 Å². The van der Waals surface area contributed by atoms with E-state index < -0.39 is 0 Å². The maximum atomic E-state index is 13.1. The van der Waals surface area contributed by atoms with Gasteiger partial charge in [-0.2, -0.15) is 5.10 Å². The first kappa shape index (κ1) is 30.5. The monoisotopic (exact) mass is 552 g/mol. The molecule has 11 heteroatoms. The van der Waals surface area contributed by atoms with Gasteiger partial charge < -0.3 is 19.8 Å². The third kappa shape index (κ3) is 8.00. The molecule has 0 radical (unpaired) electrons. The van der Waals surface area contributed by atoms with Crippen LogP contribution in [0.4, 0.5) is 0 Å². The second-order valence-electron chi connectivity index (χ2n) is 9.47. The minimum atomic E-state index is -0.319. The van der Waals surface area contributed by atoms with Crippen molar-refractivity contribution in [2.75, 3.05) is 6.61 Å². The van der Waals surface area contributed by atoms with Gasteiger partial charge in [0, 0.05) is 36.2 Å². The van der Waals surface area contributed by atoms with Crippen molar-refractivity contribution in [3.63, 3.8) is 0 Å². The van der Waals surface area contributed by atoms with E-state index in [1.807, 2.05) is 45.9 Å². The van der Waals surface area contributed by atoms with E-state index in [0.717, 1.165) is 25.7 Å². The standard InChI is InChI=1S/C29H40N6O5/c1-6-21(7-2)31-27(37)23-18-30-29(40-23)20-14-11-13-19(17-20)25-33-26(28(38)32-22(8-3)9-4)35(34-25)16-12-15-24(36)39-10-5/h11,13-14,17-18,21-22H,6-10,12,15-16H2,1-5H3,(H,31,37)(H,32,38). The number of nitrogens with zero attached hydrogens (tertiary/aromatic N) is 4. The van der Waals surface area contributed by atoms with Crippen molar-refractivity contribution in [3.8, 4) is 22.8 Å². The van der Waals surface area contributed by atoms with Gasteiger partial charge in [0.15, 0.2) is 5.82 Å². The molecule has 2 heterocycles. The first-order valence-corrected chi connectivity index (χ1v) is 14.1. The molecule has 216 valence electrons. The predicted molar refractivity (Wildman–Crippen MR) is 150 cm³/mol. The van der Waals surface area contributed by atoms with Crippen molar-refractivity contribution in [3.05, 3.63) is 42.0 Å². The quantitative estimate of drug-likeness (QED) is 0.257. The fourth-order valence-corrected chi connectivity index (χ4v) is 4.19. The summed E-state index contributed by atoms with van der Waals surface area (Å²) < 4.78 is 12.3. The molecular formula is C29H40N6O5. The van der Waals surface area contributed by atoms with E-state index in [2.05, 4.69) is 25.7 Å². The van der Waals surface area contributed by atoms with E-state index >= 15 is 0 Å². The van der Waals surface area contributed by atoms with Crippen LogP contribution < -0.4 is 10.6 Å². The molecule has 0 bridgehead atoms. The number of hydrogen-bond donors (Lipinski definition) is 2. The van der Waals surface area contributed by atoms with E-state index in [-0.39, 0.29) is 53.8 Å². The average molecular weight is 553 g/mol. The number of oxazole rings is 1. The summed E-state index contributed by atoms with van der Waals surface area (Å²) in [7, 11) is 0. The van der Waals surface area contributed by atoms with Crippen molar-refractivity contribution < 1.29 is 23.5 Å². The van der Waals surface area contributed by atoms with Gasteiger partial charge in [0.05, 0.1) is 12.8 Å². The van der Waals surface area contributed by atoms with Crippen molar-refractivity contribution in [1.82, 2.24) is 30.4 Å². The van der Waals surface area contributed by atoms with Crippen molar-refractivity contribution >= 4 is 17.8 Å². The van der Waals surface area contributed by atoms with Crippen LogP contribution in [0.15, 0.2) is 34.9 Å². The number of amides is 2. The van der Waals surface area contributed by atoms with Crippen LogP contribution in [0, 0.1) is 0 Å². The zero-order valence-corrected chi connectivity index (χ0v) is 24.0. The maximum absolute atomic E-state index is 13.1. The van der Waals surface area contributed by atoms with Gasteiger partial charge in [-0.25, -0.2) is 14.6 Å². The zero-order valence-electron chi connectivity index (χ0n) is 24.0. The Morgan fingerprint density at radius 1 is 0.950 bits per heavy atom. The van der Waals surface area contributed by atoms with Crippen LogP contribution in [0.5, 0.6) is 0 Å². The first-order valence-electron chi connectivity index (χ1n) is 14.1. The van der Waals surface area contributed by atoms with E-state index in [1.165, 1.54) is 10.9 Å². The number of esters is 1. The molecule has 0 aliphatic carbocycles. The molecular weight excluding hydrogens is 512 g/mol. The average Bonchev–Trinajstić information content (AvgIpc) is 3.63. The Hall–Kier alpha value is -4.02. The molecule has 40 heavy (non-hydrogen) atoms. The normalized spacial score (nSPS) is 11.2. The Morgan fingerprint density at radius 3 is 2.25 bits per heavy atom. The molecule has 0 aliphatic rings. The van der Waals surface area contributed by atoms with Crippen molar-refractivity contribution in [2.24, 2.45) is 0 Å². The molecule has 0 fully saturated rings. The molecule has 0 unspecified atom stereocenters. The van der Waals surface area contributed by atoms with Gasteiger partial charge in [-0.15, -0.1) is 0 Å². The lowest BCUT2D eigenvalue weighted by Gasteiger charge is -2.14. The van der Waals surface area contributed by atoms with Crippen LogP contribution in [0.2, 0.25) is 0 Å². The van der Waals surface area contributed by atoms with Gasteiger partial charge in [-0.3, -0.25) is 14.4 Å². The first-order chi connectivity index (χ1) is 19.3. The third-order valence-electron chi connectivity index (χ3n) is 6.67. The molecule has 0 aliphatic heterocycles. The number of aromatic nitrogens is 4. The number of aryl methyl sites for hydroxylation is 1. The lowest BCUT2D eigenvalue weighted by Crippen LogP contribution is -2.35. The van der Waals surface area contributed by atoms with Gasteiger partial charge in [-0.05, 0) is 51.2 Å². The second kappa shape index (κ2) is 14.9. The summed E-state index contributed by atoms with van der Waals surface area (Å²) in [5.74, 6) is 0.0327. The van der Waals surface area contributed by atoms with Crippen LogP contribution in [-0.2, 0) is 16.1 Å². The molecule has 2 aromatic heterocycles. The van der Waals surface area contributed by atoms with Crippen LogP contribution in [0.1, 0.15) is 94.3 Å². The highest BCUT2D eigenvalue weighted by molar-refractivity contribution is 5.92. The number of ether oxygens (including phenoxy) is 1. The zero-order chi connectivity index (χ0) is 29.1. The van der Waals surface area contributed by atoms with E-state index in [0.29, 0.717) is 36.5 Å². The lowest BCUT2D eigenvalue weighted by molar-refractivity contribution is -0.143. The summed E-state index contributed by atoms with van der Waals surface area (Å²) in [6.45, 7) is 10.5. The van der Waals surface area contributed by atoms with Gasteiger partial charge in [0.1, 0.15) is 0 Å². The minimum absolute atomic E-state index is 0.0188. The van der Waals surface area contributed by atoms with Crippen LogP contribution in [0.3, 0.4) is 0 Å². The highest BCUT2D eigenvalue weighted by Crippen LogP contribution is 2.25. The predicted octanol–water partition coefficient (Wildman–Crippen LogP) is 4.78. The third-order valence-corrected chi connectivity index (χ3v) is 6.67. The van der Waals surface area contributed by atoms with Crippen LogP contribution in [0.25, 0.3) is 22.8 Å². The maximum Gasteiger partial charge on any atom is 0.305 e.